The lowest BCUT2D eigenvalue weighted by Gasteiger charge is -2.18. The lowest BCUT2D eigenvalue weighted by Crippen LogP contribution is -2.27. The maximum atomic E-state index is 12.2. The Morgan fingerprint density at radius 2 is 1.73 bits per heavy atom. The van der Waals surface area contributed by atoms with Crippen LogP contribution in [0.4, 0.5) is 0 Å². The van der Waals surface area contributed by atoms with E-state index in [0.29, 0.717) is 19.4 Å². The van der Waals surface area contributed by atoms with Crippen LogP contribution < -0.4 is 19.5 Å². The zero-order valence-electron chi connectivity index (χ0n) is 15.9. The first-order valence-electron chi connectivity index (χ1n) is 8.74. The standard InChI is InChI=1S/C21H27NO4/c1-15-7-9-17(10-8-15)26-13-5-6-21(23)22-16(2)19-14-18(24-3)11-12-20(19)25-4/h7-12,14,16H,5-6,13H2,1-4H3,(H,22,23). The van der Waals surface area contributed by atoms with Crippen LogP contribution in [-0.2, 0) is 4.79 Å². The Kier molecular flexibility index (Phi) is 7.33. The normalized spacial score (nSPS) is 11.5. The van der Waals surface area contributed by atoms with E-state index in [1.807, 2.05) is 56.3 Å². The van der Waals surface area contributed by atoms with E-state index in [1.165, 1.54) is 5.56 Å². The fourth-order valence-corrected chi connectivity index (χ4v) is 2.63. The molecule has 0 radical (unpaired) electrons. The van der Waals surface area contributed by atoms with Crippen LogP contribution in [-0.4, -0.2) is 26.7 Å². The van der Waals surface area contributed by atoms with Crippen molar-refractivity contribution in [2.24, 2.45) is 0 Å². The fraction of sp³-hybridized carbons (Fsp3) is 0.381. The molecule has 0 saturated heterocycles. The molecular weight excluding hydrogens is 330 g/mol. The third kappa shape index (κ3) is 5.69. The van der Waals surface area contributed by atoms with Gasteiger partial charge >= 0.3 is 0 Å². The average molecular weight is 357 g/mol. The van der Waals surface area contributed by atoms with Gasteiger partial charge in [-0.2, -0.15) is 0 Å². The minimum absolute atomic E-state index is 0.0186. The molecule has 0 aliphatic rings. The maximum absolute atomic E-state index is 12.2. The van der Waals surface area contributed by atoms with Gasteiger partial charge in [-0.15, -0.1) is 0 Å². The molecule has 0 aromatic heterocycles. The molecule has 1 N–H and O–H groups in total. The summed E-state index contributed by atoms with van der Waals surface area (Å²) in [5.41, 5.74) is 2.08. The van der Waals surface area contributed by atoms with Gasteiger partial charge in [0, 0.05) is 12.0 Å². The molecule has 140 valence electrons. The van der Waals surface area contributed by atoms with Crippen LogP contribution >= 0.6 is 0 Å². The monoisotopic (exact) mass is 357 g/mol. The lowest BCUT2D eigenvalue weighted by molar-refractivity contribution is -0.121. The smallest absolute Gasteiger partial charge is 0.220 e. The van der Waals surface area contributed by atoms with Crippen molar-refractivity contribution in [3.05, 3.63) is 53.6 Å². The highest BCUT2D eigenvalue weighted by molar-refractivity contribution is 5.76. The minimum atomic E-state index is -0.175. The van der Waals surface area contributed by atoms with Crippen molar-refractivity contribution in [2.45, 2.75) is 32.7 Å². The van der Waals surface area contributed by atoms with E-state index in [2.05, 4.69) is 5.32 Å². The van der Waals surface area contributed by atoms with Gasteiger partial charge in [0.15, 0.2) is 0 Å². The van der Waals surface area contributed by atoms with Crippen molar-refractivity contribution >= 4 is 5.91 Å². The summed E-state index contributed by atoms with van der Waals surface area (Å²) in [6.45, 7) is 4.47. The van der Waals surface area contributed by atoms with Crippen molar-refractivity contribution in [1.29, 1.82) is 0 Å². The van der Waals surface area contributed by atoms with E-state index < -0.39 is 0 Å². The number of amides is 1. The van der Waals surface area contributed by atoms with Crippen molar-refractivity contribution in [3.63, 3.8) is 0 Å². The summed E-state index contributed by atoms with van der Waals surface area (Å²) in [5, 5.41) is 3.00. The van der Waals surface area contributed by atoms with Gasteiger partial charge in [0.25, 0.3) is 0 Å². The number of methoxy groups -OCH3 is 2. The molecule has 26 heavy (non-hydrogen) atoms. The highest BCUT2D eigenvalue weighted by Crippen LogP contribution is 2.29. The molecule has 1 unspecified atom stereocenters. The van der Waals surface area contributed by atoms with Crippen LogP contribution in [0.5, 0.6) is 17.2 Å². The number of benzene rings is 2. The highest BCUT2D eigenvalue weighted by Gasteiger charge is 2.15. The number of aryl methyl sites for hydroxylation is 1. The van der Waals surface area contributed by atoms with E-state index >= 15 is 0 Å². The second-order valence-electron chi connectivity index (χ2n) is 6.16. The van der Waals surface area contributed by atoms with Crippen molar-refractivity contribution < 1.29 is 19.0 Å². The second kappa shape index (κ2) is 9.70. The number of ether oxygens (including phenoxy) is 3. The van der Waals surface area contributed by atoms with Gasteiger partial charge < -0.3 is 19.5 Å². The first-order chi connectivity index (χ1) is 12.5. The summed E-state index contributed by atoms with van der Waals surface area (Å²) in [6, 6.07) is 13.3. The molecule has 0 spiro atoms. The molecule has 5 nitrogen and oxygen atoms in total. The van der Waals surface area contributed by atoms with Crippen LogP contribution in [0.25, 0.3) is 0 Å². The Bertz CT molecular complexity index is 712. The number of nitrogens with one attached hydrogen (secondary N) is 1. The van der Waals surface area contributed by atoms with Crippen LogP contribution in [0.15, 0.2) is 42.5 Å². The van der Waals surface area contributed by atoms with E-state index in [0.717, 1.165) is 22.8 Å². The number of carbonyl (C=O) groups is 1. The van der Waals surface area contributed by atoms with E-state index in [1.54, 1.807) is 14.2 Å². The summed E-state index contributed by atoms with van der Waals surface area (Å²) in [5.74, 6) is 2.26. The van der Waals surface area contributed by atoms with Crippen LogP contribution in [0.1, 0.15) is 36.9 Å². The molecular formula is C21H27NO4. The average Bonchev–Trinajstić information content (AvgIpc) is 2.66. The predicted octanol–water partition coefficient (Wildman–Crippen LogP) is 4.05. The first-order valence-corrected chi connectivity index (χ1v) is 8.74. The quantitative estimate of drug-likeness (QED) is 0.688. The third-order valence-electron chi connectivity index (χ3n) is 4.12. The van der Waals surface area contributed by atoms with Crippen LogP contribution in [0.3, 0.4) is 0 Å². The Labute approximate surface area is 155 Å². The van der Waals surface area contributed by atoms with Gasteiger partial charge in [-0.05, 0) is 50.6 Å². The molecule has 0 aliphatic heterocycles. The van der Waals surface area contributed by atoms with Crippen molar-refractivity contribution in [3.8, 4) is 17.2 Å². The summed E-state index contributed by atoms with van der Waals surface area (Å²) in [7, 11) is 3.23. The Morgan fingerprint density at radius 3 is 2.38 bits per heavy atom. The molecule has 0 bridgehead atoms. The minimum Gasteiger partial charge on any atom is -0.497 e. The summed E-state index contributed by atoms with van der Waals surface area (Å²) >= 11 is 0. The maximum Gasteiger partial charge on any atom is 0.220 e. The highest BCUT2D eigenvalue weighted by atomic mass is 16.5. The second-order valence-corrected chi connectivity index (χ2v) is 6.16. The molecule has 0 fully saturated rings. The summed E-state index contributed by atoms with van der Waals surface area (Å²) < 4.78 is 16.3. The van der Waals surface area contributed by atoms with Crippen LogP contribution in [0, 0.1) is 6.92 Å². The van der Waals surface area contributed by atoms with Gasteiger partial charge in [-0.25, -0.2) is 0 Å². The number of hydrogen-bond acceptors (Lipinski definition) is 4. The topological polar surface area (TPSA) is 56.8 Å². The zero-order valence-corrected chi connectivity index (χ0v) is 15.9. The molecule has 0 aliphatic carbocycles. The molecule has 2 aromatic carbocycles. The van der Waals surface area contributed by atoms with Crippen molar-refractivity contribution in [1.82, 2.24) is 5.32 Å². The lowest BCUT2D eigenvalue weighted by atomic mass is 10.1. The SMILES string of the molecule is COc1ccc(OC)c(C(C)NC(=O)CCCOc2ccc(C)cc2)c1. The zero-order chi connectivity index (χ0) is 18.9. The molecule has 2 rings (SSSR count). The number of hydrogen-bond donors (Lipinski definition) is 1. The molecule has 2 aromatic rings. The Hall–Kier alpha value is -2.69. The molecule has 1 atom stereocenters. The number of rotatable bonds is 9. The third-order valence-corrected chi connectivity index (χ3v) is 4.12. The first kappa shape index (κ1) is 19.6. The Balaban J connectivity index is 1.80. The van der Waals surface area contributed by atoms with Gasteiger partial charge in [0.05, 0.1) is 26.9 Å². The molecule has 1 amide bonds. The molecule has 5 heteroatoms. The van der Waals surface area contributed by atoms with Gasteiger partial charge in [0.2, 0.25) is 5.91 Å². The fourth-order valence-electron chi connectivity index (χ4n) is 2.63. The van der Waals surface area contributed by atoms with E-state index in [-0.39, 0.29) is 11.9 Å². The van der Waals surface area contributed by atoms with E-state index in [9.17, 15) is 4.79 Å². The molecule has 0 heterocycles. The summed E-state index contributed by atoms with van der Waals surface area (Å²) in [4.78, 5) is 12.2. The molecule has 0 saturated carbocycles. The predicted molar refractivity (Wildman–Crippen MR) is 102 cm³/mol. The Morgan fingerprint density at radius 1 is 1.04 bits per heavy atom. The van der Waals surface area contributed by atoms with Crippen LogP contribution in [0.2, 0.25) is 0 Å². The van der Waals surface area contributed by atoms with E-state index in [4.69, 9.17) is 14.2 Å². The van der Waals surface area contributed by atoms with Gasteiger partial charge in [-0.1, -0.05) is 17.7 Å². The van der Waals surface area contributed by atoms with Gasteiger partial charge in [-0.3, -0.25) is 4.79 Å². The number of carbonyl (C=O) groups excluding carboxylic acids is 1. The van der Waals surface area contributed by atoms with Gasteiger partial charge in [0.1, 0.15) is 17.2 Å². The van der Waals surface area contributed by atoms with Crippen molar-refractivity contribution in [2.75, 3.05) is 20.8 Å². The largest absolute Gasteiger partial charge is 0.497 e. The summed E-state index contributed by atoms with van der Waals surface area (Å²) in [6.07, 6.45) is 1.06.